The molecule has 8 nitrogen and oxygen atoms in total. The Hall–Kier alpha value is -3.81. The van der Waals surface area contributed by atoms with E-state index in [9.17, 15) is 24.5 Å². The number of rotatable bonds is 5. The van der Waals surface area contributed by atoms with Gasteiger partial charge in [-0.15, -0.1) is 0 Å². The van der Waals surface area contributed by atoms with Crippen LogP contribution in [0.25, 0.3) is 5.57 Å². The van der Waals surface area contributed by atoms with Crippen LogP contribution in [0.1, 0.15) is 43.1 Å². The summed E-state index contributed by atoms with van der Waals surface area (Å²) < 4.78 is 0. The van der Waals surface area contributed by atoms with Crippen molar-refractivity contribution in [1.82, 2.24) is 4.90 Å². The molecule has 5 atom stereocenters. The van der Waals surface area contributed by atoms with Crippen molar-refractivity contribution in [3.05, 3.63) is 75.8 Å². The Morgan fingerprint density at radius 3 is 2.35 bits per heavy atom. The van der Waals surface area contributed by atoms with Crippen molar-refractivity contribution in [3.8, 4) is 0 Å². The Kier molecular flexibility index (Phi) is 5.11. The van der Waals surface area contributed by atoms with Crippen LogP contribution in [0.3, 0.4) is 0 Å². The van der Waals surface area contributed by atoms with E-state index in [2.05, 4.69) is 0 Å². The first-order chi connectivity index (χ1) is 16.3. The van der Waals surface area contributed by atoms with E-state index >= 15 is 0 Å². The zero-order valence-corrected chi connectivity index (χ0v) is 19.2. The Morgan fingerprint density at radius 2 is 1.71 bits per heavy atom. The molecule has 3 heterocycles. The average Bonchev–Trinajstić information content (AvgIpc) is 3.31. The lowest BCUT2D eigenvalue weighted by molar-refractivity contribution is -0.384. The number of hydrogen-bond donors (Lipinski definition) is 0. The zero-order valence-electron chi connectivity index (χ0n) is 19.2. The first kappa shape index (κ1) is 22.0. The van der Waals surface area contributed by atoms with E-state index < -0.39 is 28.8 Å². The number of hydrogen-bond acceptors (Lipinski definition) is 6. The minimum Gasteiger partial charge on any atom is -0.352 e. The van der Waals surface area contributed by atoms with Gasteiger partial charge in [-0.2, -0.15) is 0 Å². The minimum atomic E-state index is -0.882. The maximum Gasteiger partial charge on any atom is 0.269 e. The van der Waals surface area contributed by atoms with Gasteiger partial charge in [-0.3, -0.25) is 29.4 Å². The van der Waals surface area contributed by atoms with Crippen LogP contribution in [0.4, 0.5) is 11.4 Å². The summed E-state index contributed by atoms with van der Waals surface area (Å²) in [6.45, 7) is 5.75. The molecular weight excluding hydrogens is 434 g/mol. The van der Waals surface area contributed by atoms with Gasteiger partial charge in [-0.25, -0.2) is 0 Å². The third-order valence-corrected chi connectivity index (χ3v) is 7.45. The van der Waals surface area contributed by atoms with E-state index in [4.69, 9.17) is 0 Å². The molecule has 174 valence electrons. The van der Waals surface area contributed by atoms with Crippen LogP contribution in [0, 0.1) is 22.0 Å². The fraction of sp³-hybridized carbons (Fsp3) is 0.346. The molecular formula is C26H25N3O5. The van der Waals surface area contributed by atoms with Gasteiger partial charge in [0.1, 0.15) is 6.04 Å². The van der Waals surface area contributed by atoms with E-state index in [1.54, 1.807) is 0 Å². The van der Waals surface area contributed by atoms with E-state index in [0.717, 1.165) is 16.8 Å². The molecule has 0 aliphatic carbocycles. The van der Waals surface area contributed by atoms with E-state index in [0.29, 0.717) is 6.42 Å². The molecule has 0 aromatic heterocycles. The van der Waals surface area contributed by atoms with Gasteiger partial charge in [0.05, 0.1) is 22.8 Å². The van der Waals surface area contributed by atoms with Crippen molar-refractivity contribution >= 4 is 34.5 Å². The van der Waals surface area contributed by atoms with Gasteiger partial charge in [0.25, 0.3) is 5.69 Å². The van der Waals surface area contributed by atoms with Gasteiger partial charge in [0.15, 0.2) is 5.78 Å². The molecule has 8 heteroatoms. The zero-order chi connectivity index (χ0) is 24.3. The van der Waals surface area contributed by atoms with Gasteiger partial charge in [-0.05, 0) is 44.0 Å². The lowest BCUT2D eigenvalue weighted by Gasteiger charge is -2.38. The third-order valence-electron chi connectivity index (χ3n) is 7.45. The number of anilines is 1. The molecule has 0 N–H and O–H groups in total. The number of ketones is 1. The molecule has 2 fully saturated rings. The number of carbonyl (C=O) groups excluding carboxylic acids is 3. The third kappa shape index (κ3) is 3.01. The number of amides is 2. The summed E-state index contributed by atoms with van der Waals surface area (Å²) in [5, 5.41) is 11.1. The Bertz CT molecular complexity index is 1250. The topological polar surface area (TPSA) is 101 Å². The van der Waals surface area contributed by atoms with Crippen LogP contribution in [-0.2, 0) is 9.59 Å². The SMILES string of the molecule is CC[C@H](C)N1C(=O)[C@@H]2[C@H](C1=O)[C@H](C(=O)c1ccc([N+](=O)[O-])cc1)N1c3ccccc3C(C)=C[C@@H]21. The van der Waals surface area contributed by atoms with Crippen molar-refractivity contribution in [2.45, 2.75) is 45.3 Å². The highest BCUT2D eigenvalue weighted by Crippen LogP contribution is 2.50. The van der Waals surface area contributed by atoms with Crippen LogP contribution in [0.15, 0.2) is 54.6 Å². The molecule has 3 aliphatic rings. The van der Waals surface area contributed by atoms with Crippen molar-refractivity contribution in [2.24, 2.45) is 11.8 Å². The van der Waals surface area contributed by atoms with Gasteiger partial charge in [0.2, 0.25) is 11.8 Å². The number of allylic oxidation sites excluding steroid dienone is 1. The van der Waals surface area contributed by atoms with Crippen LogP contribution < -0.4 is 4.90 Å². The first-order valence-corrected chi connectivity index (χ1v) is 11.5. The first-order valence-electron chi connectivity index (χ1n) is 11.5. The monoisotopic (exact) mass is 459 g/mol. The maximum absolute atomic E-state index is 13.9. The van der Waals surface area contributed by atoms with Crippen molar-refractivity contribution in [2.75, 3.05) is 4.90 Å². The van der Waals surface area contributed by atoms with Gasteiger partial charge in [0, 0.05) is 35.0 Å². The molecule has 34 heavy (non-hydrogen) atoms. The van der Waals surface area contributed by atoms with E-state index in [-0.39, 0.29) is 34.9 Å². The number of non-ortho nitro benzene ring substituents is 1. The molecule has 2 saturated heterocycles. The lowest BCUT2D eigenvalue weighted by Crippen LogP contribution is -2.50. The normalized spacial score (nSPS) is 26.0. The van der Waals surface area contributed by atoms with Crippen molar-refractivity contribution in [3.63, 3.8) is 0 Å². The molecule has 0 saturated carbocycles. The molecule has 2 amide bonds. The summed E-state index contributed by atoms with van der Waals surface area (Å²) in [5.41, 5.74) is 2.94. The van der Waals surface area contributed by atoms with E-state index in [1.807, 2.05) is 56.0 Å². The maximum atomic E-state index is 13.9. The van der Waals surface area contributed by atoms with Crippen molar-refractivity contribution < 1.29 is 19.3 Å². The highest BCUT2D eigenvalue weighted by atomic mass is 16.6. The molecule has 2 aromatic carbocycles. The average molecular weight is 460 g/mol. The largest absolute Gasteiger partial charge is 0.352 e. The van der Waals surface area contributed by atoms with Crippen LogP contribution >= 0.6 is 0 Å². The number of imide groups is 1. The molecule has 2 aromatic rings. The summed E-state index contributed by atoms with van der Waals surface area (Å²) in [6, 6.07) is 11.6. The molecule has 5 rings (SSSR count). The summed E-state index contributed by atoms with van der Waals surface area (Å²) >= 11 is 0. The van der Waals surface area contributed by atoms with Gasteiger partial charge < -0.3 is 4.90 Å². The Labute approximate surface area is 197 Å². The number of nitrogens with zero attached hydrogens (tertiary/aromatic N) is 3. The Balaban J connectivity index is 1.65. The second-order valence-corrected chi connectivity index (χ2v) is 9.23. The number of likely N-dealkylation sites (tertiary alicyclic amines) is 1. The second kappa shape index (κ2) is 7.90. The highest BCUT2D eigenvalue weighted by Gasteiger charge is 2.64. The van der Waals surface area contributed by atoms with Gasteiger partial charge in [-0.1, -0.05) is 31.2 Å². The fourth-order valence-corrected chi connectivity index (χ4v) is 5.66. The number of Topliss-reactive ketones (excluding diaryl/α,β-unsaturated/α-hetero) is 1. The summed E-state index contributed by atoms with van der Waals surface area (Å²) in [6.07, 6.45) is 2.62. The molecule has 0 bridgehead atoms. The number of nitro groups is 1. The molecule has 0 radical (unpaired) electrons. The highest BCUT2D eigenvalue weighted by molar-refractivity contribution is 6.14. The number of fused-ring (bicyclic) bond motifs is 5. The number of benzene rings is 2. The quantitative estimate of drug-likeness (QED) is 0.291. The van der Waals surface area contributed by atoms with E-state index in [1.165, 1.54) is 29.2 Å². The number of nitro benzene ring substituents is 1. The molecule has 0 spiro atoms. The van der Waals surface area contributed by atoms with Crippen LogP contribution in [0.2, 0.25) is 0 Å². The second-order valence-electron chi connectivity index (χ2n) is 9.23. The van der Waals surface area contributed by atoms with Gasteiger partial charge >= 0.3 is 0 Å². The van der Waals surface area contributed by atoms with Crippen LogP contribution in [-0.4, -0.2) is 45.5 Å². The summed E-state index contributed by atoms with van der Waals surface area (Å²) in [5.74, 6) is -2.34. The lowest BCUT2D eigenvalue weighted by atomic mass is 9.85. The summed E-state index contributed by atoms with van der Waals surface area (Å²) in [7, 11) is 0. The Morgan fingerprint density at radius 1 is 1.06 bits per heavy atom. The predicted molar refractivity (Wildman–Crippen MR) is 126 cm³/mol. The minimum absolute atomic E-state index is 0.115. The fourth-order valence-electron chi connectivity index (χ4n) is 5.66. The number of para-hydroxylation sites is 1. The van der Waals surface area contributed by atoms with Crippen molar-refractivity contribution in [1.29, 1.82) is 0 Å². The predicted octanol–water partition coefficient (Wildman–Crippen LogP) is 3.85. The summed E-state index contributed by atoms with van der Waals surface area (Å²) in [4.78, 5) is 54.9. The van der Waals surface area contributed by atoms with Crippen LogP contribution in [0.5, 0.6) is 0 Å². The smallest absolute Gasteiger partial charge is 0.269 e. The number of carbonyl (C=O) groups is 3. The standard InChI is InChI=1S/C26H25N3O5/c1-4-15(3)27-25(31)21-20-13-14(2)18-7-5-6-8-19(18)28(20)23(22(21)26(27)32)24(30)16-9-11-17(12-10-16)29(33)34/h5-13,15,20-23H,4H2,1-3H3/t15-,20-,21-,22-,23+/m0/s1. The molecule has 3 aliphatic heterocycles. The molecule has 0 unspecified atom stereocenters.